The highest BCUT2D eigenvalue weighted by Gasteiger charge is 2.37. The van der Waals surface area contributed by atoms with Gasteiger partial charge in [0.1, 0.15) is 9.23 Å². The van der Waals surface area contributed by atoms with Crippen LogP contribution in [0.25, 0.3) is 0 Å². The maximum atomic E-state index is 12.9. The Bertz CT molecular complexity index is 589. The molecule has 8 heteroatoms. The van der Waals surface area contributed by atoms with Crippen molar-refractivity contribution in [3.05, 3.63) is 14.7 Å². The van der Waals surface area contributed by atoms with Crippen LogP contribution in [0.1, 0.15) is 32.6 Å². The molecule has 4 nitrogen and oxygen atoms in total. The number of hydrogen-bond donors (Lipinski definition) is 1. The fraction of sp³-hybridized carbons (Fsp3) is 0.692. The summed E-state index contributed by atoms with van der Waals surface area (Å²) < 4.78 is 28.0. The Morgan fingerprint density at radius 3 is 2.57 bits per heavy atom. The molecular formula is C13H20Cl2N2O2S2. The Labute approximate surface area is 140 Å². The molecule has 21 heavy (non-hydrogen) atoms. The summed E-state index contributed by atoms with van der Waals surface area (Å²) in [5.41, 5.74) is 5.84. The van der Waals surface area contributed by atoms with Gasteiger partial charge in [-0.05, 0) is 31.4 Å². The molecule has 0 bridgehead atoms. The van der Waals surface area contributed by atoms with Crippen LogP contribution in [0.5, 0.6) is 0 Å². The number of thiophene rings is 1. The third-order valence-electron chi connectivity index (χ3n) is 4.07. The van der Waals surface area contributed by atoms with Gasteiger partial charge in [-0.15, -0.1) is 11.3 Å². The standard InChI is InChI=1S/C13H20Cl2N2O2S2/c1-2-17(10-6-4-3-5-9(10)8-16)21(18,19)11-7-12(14)20-13(11)15/h7,9-10H,2-6,8,16H2,1H3. The summed E-state index contributed by atoms with van der Waals surface area (Å²) in [5, 5.41) is 0. The Morgan fingerprint density at radius 1 is 1.38 bits per heavy atom. The number of hydrogen-bond acceptors (Lipinski definition) is 4. The summed E-state index contributed by atoms with van der Waals surface area (Å²) in [6.45, 7) is 2.77. The minimum absolute atomic E-state index is 0.0477. The molecule has 1 aromatic heterocycles. The predicted octanol–water partition coefficient (Wildman–Crippen LogP) is 3.58. The second kappa shape index (κ2) is 7.15. The molecule has 0 aliphatic heterocycles. The van der Waals surface area contributed by atoms with Crippen LogP contribution in [-0.4, -0.2) is 31.9 Å². The first-order chi connectivity index (χ1) is 9.91. The number of sulfonamides is 1. The maximum Gasteiger partial charge on any atom is 0.245 e. The first-order valence-corrected chi connectivity index (χ1v) is 10.1. The Balaban J connectivity index is 2.37. The lowest BCUT2D eigenvalue weighted by molar-refractivity contribution is 0.187. The minimum Gasteiger partial charge on any atom is -0.330 e. The second-order valence-electron chi connectivity index (χ2n) is 5.24. The molecule has 1 aliphatic carbocycles. The van der Waals surface area contributed by atoms with Crippen molar-refractivity contribution in [1.82, 2.24) is 4.31 Å². The zero-order chi connectivity index (χ0) is 15.6. The van der Waals surface area contributed by atoms with Gasteiger partial charge in [-0.1, -0.05) is 43.0 Å². The van der Waals surface area contributed by atoms with E-state index >= 15 is 0 Å². The van der Waals surface area contributed by atoms with Crippen LogP contribution in [0.15, 0.2) is 11.0 Å². The summed E-state index contributed by atoms with van der Waals surface area (Å²) in [6, 6.07) is 1.39. The Kier molecular flexibility index (Phi) is 5.96. The average Bonchev–Trinajstić information content (AvgIpc) is 2.79. The van der Waals surface area contributed by atoms with Crippen LogP contribution in [0.2, 0.25) is 8.67 Å². The lowest BCUT2D eigenvalue weighted by Gasteiger charge is -2.38. The van der Waals surface area contributed by atoms with Gasteiger partial charge in [-0.25, -0.2) is 8.42 Å². The van der Waals surface area contributed by atoms with Gasteiger partial charge in [0, 0.05) is 12.6 Å². The molecule has 0 radical (unpaired) electrons. The number of nitrogens with two attached hydrogens (primary N) is 1. The summed E-state index contributed by atoms with van der Waals surface area (Å²) in [4.78, 5) is 0.113. The van der Waals surface area contributed by atoms with Gasteiger partial charge in [-0.3, -0.25) is 0 Å². The largest absolute Gasteiger partial charge is 0.330 e. The van der Waals surface area contributed by atoms with Crippen molar-refractivity contribution in [3.63, 3.8) is 0 Å². The van der Waals surface area contributed by atoms with Crippen LogP contribution in [-0.2, 0) is 10.0 Å². The molecule has 0 aromatic carbocycles. The lowest BCUT2D eigenvalue weighted by atomic mass is 9.84. The molecule has 2 atom stereocenters. The predicted molar refractivity (Wildman–Crippen MR) is 88.7 cm³/mol. The SMILES string of the molecule is CCN(C1CCCCC1CN)S(=O)(=O)c1cc(Cl)sc1Cl. The molecule has 0 amide bonds. The molecule has 120 valence electrons. The maximum absolute atomic E-state index is 12.9. The molecule has 0 spiro atoms. The lowest BCUT2D eigenvalue weighted by Crippen LogP contribution is -2.47. The average molecular weight is 371 g/mol. The van der Waals surface area contributed by atoms with Gasteiger partial charge in [0.05, 0.1) is 4.34 Å². The van der Waals surface area contributed by atoms with E-state index in [-0.39, 0.29) is 21.2 Å². The van der Waals surface area contributed by atoms with E-state index < -0.39 is 10.0 Å². The molecule has 1 aromatic rings. The zero-order valence-corrected chi connectivity index (χ0v) is 15.0. The fourth-order valence-corrected chi connectivity index (χ4v) is 6.89. The van der Waals surface area contributed by atoms with E-state index in [1.54, 1.807) is 4.31 Å². The molecular weight excluding hydrogens is 351 g/mol. The first-order valence-electron chi connectivity index (χ1n) is 7.08. The monoisotopic (exact) mass is 370 g/mol. The molecule has 1 heterocycles. The van der Waals surface area contributed by atoms with Crippen molar-refractivity contribution in [2.75, 3.05) is 13.1 Å². The quantitative estimate of drug-likeness (QED) is 0.861. The van der Waals surface area contributed by atoms with Crippen molar-refractivity contribution >= 4 is 44.6 Å². The molecule has 1 aliphatic rings. The highest BCUT2D eigenvalue weighted by molar-refractivity contribution is 7.89. The second-order valence-corrected chi connectivity index (χ2v) is 9.39. The van der Waals surface area contributed by atoms with Gasteiger partial charge in [0.15, 0.2) is 0 Å². The van der Waals surface area contributed by atoms with Crippen molar-refractivity contribution in [1.29, 1.82) is 0 Å². The molecule has 2 N–H and O–H groups in total. The third-order valence-corrected chi connectivity index (χ3v) is 7.82. The minimum atomic E-state index is -3.63. The van der Waals surface area contributed by atoms with E-state index in [9.17, 15) is 8.42 Å². The highest BCUT2D eigenvalue weighted by atomic mass is 35.5. The summed E-state index contributed by atoms with van der Waals surface area (Å²) in [7, 11) is -3.63. The Hall–Kier alpha value is 0.150. The van der Waals surface area contributed by atoms with Crippen LogP contribution in [0.4, 0.5) is 0 Å². The number of halogens is 2. The van der Waals surface area contributed by atoms with Gasteiger partial charge < -0.3 is 5.73 Å². The van der Waals surface area contributed by atoms with Crippen LogP contribution < -0.4 is 5.73 Å². The van der Waals surface area contributed by atoms with E-state index in [1.165, 1.54) is 6.07 Å². The van der Waals surface area contributed by atoms with Crippen molar-refractivity contribution in [2.24, 2.45) is 11.7 Å². The van der Waals surface area contributed by atoms with Crippen molar-refractivity contribution in [3.8, 4) is 0 Å². The molecule has 2 unspecified atom stereocenters. The Morgan fingerprint density at radius 2 is 2.05 bits per heavy atom. The summed E-state index contributed by atoms with van der Waals surface area (Å²) in [6.07, 6.45) is 3.97. The summed E-state index contributed by atoms with van der Waals surface area (Å²) in [5.74, 6) is 0.210. The van der Waals surface area contributed by atoms with Gasteiger partial charge in [0.25, 0.3) is 0 Å². The molecule has 0 saturated heterocycles. The topological polar surface area (TPSA) is 63.4 Å². The third kappa shape index (κ3) is 3.57. The number of nitrogens with zero attached hydrogens (tertiary/aromatic N) is 1. The highest BCUT2D eigenvalue weighted by Crippen LogP contribution is 2.38. The zero-order valence-electron chi connectivity index (χ0n) is 11.9. The van der Waals surface area contributed by atoms with E-state index in [4.69, 9.17) is 28.9 Å². The van der Waals surface area contributed by atoms with Crippen LogP contribution in [0, 0.1) is 5.92 Å². The van der Waals surface area contributed by atoms with Gasteiger partial charge in [-0.2, -0.15) is 4.31 Å². The van der Waals surface area contributed by atoms with Crippen molar-refractivity contribution < 1.29 is 8.42 Å². The van der Waals surface area contributed by atoms with Crippen LogP contribution in [0.3, 0.4) is 0 Å². The van der Waals surface area contributed by atoms with E-state index in [1.807, 2.05) is 6.92 Å². The smallest absolute Gasteiger partial charge is 0.245 e. The van der Waals surface area contributed by atoms with E-state index in [2.05, 4.69) is 0 Å². The number of rotatable bonds is 5. The molecule has 1 fully saturated rings. The summed E-state index contributed by atoms with van der Waals surface area (Å²) >= 11 is 13.0. The van der Waals surface area contributed by atoms with Gasteiger partial charge in [0.2, 0.25) is 10.0 Å². The van der Waals surface area contributed by atoms with Crippen molar-refractivity contribution in [2.45, 2.75) is 43.5 Å². The van der Waals surface area contributed by atoms with Gasteiger partial charge >= 0.3 is 0 Å². The first kappa shape index (κ1) is 17.5. The van der Waals surface area contributed by atoms with E-state index in [0.717, 1.165) is 37.0 Å². The normalized spacial score (nSPS) is 23.7. The fourth-order valence-electron chi connectivity index (χ4n) is 3.05. The van der Waals surface area contributed by atoms with E-state index in [0.29, 0.717) is 17.4 Å². The molecule has 2 rings (SSSR count). The van der Waals surface area contributed by atoms with Crippen LogP contribution >= 0.6 is 34.5 Å². The molecule has 1 saturated carbocycles.